The van der Waals surface area contributed by atoms with Gasteiger partial charge in [-0.15, -0.1) is 0 Å². The maximum atomic E-state index is 5.51. The fraction of sp³-hybridized carbons (Fsp3) is 0.500. The van der Waals surface area contributed by atoms with E-state index in [-0.39, 0.29) is 0 Å². The van der Waals surface area contributed by atoms with Crippen LogP contribution in [0.2, 0.25) is 0 Å². The summed E-state index contributed by atoms with van der Waals surface area (Å²) < 4.78 is 7.34. The number of piperazine rings is 1. The van der Waals surface area contributed by atoms with Gasteiger partial charge in [0.2, 0.25) is 0 Å². The van der Waals surface area contributed by atoms with Crippen molar-refractivity contribution in [3.63, 3.8) is 0 Å². The van der Waals surface area contributed by atoms with Gasteiger partial charge in [-0.1, -0.05) is 12.1 Å². The molecule has 3 rings (SSSR count). The molecule has 0 amide bonds. The number of aryl methyl sites for hydroxylation is 1. The Labute approximate surface area is 161 Å². The van der Waals surface area contributed by atoms with Crippen LogP contribution in [-0.4, -0.2) is 67.0 Å². The number of anilines is 1. The number of ether oxygens (including phenoxy) is 1. The minimum Gasteiger partial charge on any atom is -0.495 e. The normalized spacial score (nSPS) is 15.1. The number of para-hydroxylation sites is 2. The second kappa shape index (κ2) is 9.30. The number of nitrogens with zero attached hydrogens (tertiary/aromatic N) is 5. The van der Waals surface area contributed by atoms with Gasteiger partial charge in [0, 0.05) is 52.5 Å². The van der Waals surface area contributed by atoms with Gasteiger partial charge in [0.25, 0.3) is 0 Å². The van der Waals surface area contributed by atoms with Gasteiger partial charge < -0.3 is 19.9 Å². The standard InChI is InChI=1S/C20H30N6O/c1-4-21-20(22-10-9-17-15-23-24(2)16-17)26-13-11-25(12-14-26)18-7-5-6-8-19(18)27-3/h5-8,15-16H,4,9-14H2,1-3H3,(H,21,22). The van der Waals surface area contributed by atoms with Crippen LogP contribution in [0.15, 0.2) is 41.7 Å². The summed E-state index contributed by atoms with van der Waals surface area (Å²) in [6.45, 7) is 7.54. The lowest BCUT2D eigenvalue weighted by atomic mass is 10.2. The van der Waals surface area contributed by atoms with Crippen LogP contribution in [0, 0.1) is 0 Å². The third-order valence-electron chi connectivity index (χ3n) is 4.76. The van der Waals surface area contributed by atoms with E-state index in [0.29, 0.717) is 0 Å². The molecule has 7 nitrogen and oxygen atoms in total. The Hall–Kier alpha value is -2.70. The maximum Gasteiger partial charge on any atom is 0.194 e. The van der Waals surface area contributed by atoms with E-state index in [2.05, 4.69) is 45.5 Å². The smallest absolute Gasteiger partial charge is 0.194 e. The number of rotatable bonds is 6. The van der Waals surface area contributed by atoms with E-state index in [0.717, 1.165) is 63.1 Å². The van der Waals surface area contributed by atoms with E-state index in [1.54, 1.807) is 7.11 Å². The Balaban J connectivity index is 1.58. The van der Waals surface area contributed by atoms with Gasteiger partial charge in [-0.25, -0.2) is 0 Å². The maximum absolute atomic E-state index is 5.51. The van der Waals surface area contributed by atoms with Gasteiger partial charge >= 0.3 is 0 Å². The van der Waals surface area contributed by atoms with Gasteiger partial charge in [-0.2, -0.15) is 5.10 Å². The third-order valence-corrected chi connectivity index (χ3v) is 4.76. The number of benzene rings is 1. The molecule has 0 bridgehead atoms. The van der Waals surface area contributed by atoms with Crippen molar-refractivity contribution in [3.8, 4) is 5.75 Å². The van der Waals surface area contributed by atoms with Gasteiger partial charge in [-0.3, -0.25) is 9.67 Å². The van der Waals surface area contributed by atoms with Crippen molar-refractivity contribution >= 4 is 11.6 Å². The largest absolute Gasteiger partial charge is 0.495 e. The molecule has 1 aliphatic rings. The van der Waals surface area contributed by atoms with E-state index in [9.17, 15) is 0 Å². The molecule has 0 spiro atoms. The molecule has 1 N–H and O–H groups in total. The molecule has 1 aliphatic heterocycles. The van der Waals surface area contributed by atoms with E-state index in [1.807, 2.05) is 30.1 Å². The van der Waals surface area contributed by atoms with Crippen molar-refractivity contribution < 1.29 is 4.74 Å². The molecule has 0 unspecified atom stereocenters. The van der Waals surface area contributed by atoms with Gasteiger partial charge in [0.1, 0.15) is 5.75 Å². The predicted molar refractivity (Wildman–Crippen MR) is 110 cm³/mol. The molecule has 0 radical (unpaired) electrons. The summed E-state index contributed by atoms with van der Waals surface area (Å²) >= 11 is 0. The molecule has 1 fully saturated rings. The van der Waals surface area contributed by atoms with Crippen molar-refractivity contribution in [2.24, 2.45) is 12.0 Å². The van der Waals surface area contributed by atoms with Crippen LogP contribution in [0.4, 0.5) is 5.69 Å². The zero-order valence-electron chi connectivity index (χ0n) is 16.6. The highest BCUT2D eigenvalue weighted by atomic mass is 16.5. The molecule has 2 heterocycles. The SMILES string of the molecule is CCNC(=NCCc1cnn(C)c1)N1CCN(c2ccccc2OC)CC1. The molecule has 1 saturated heterocycles. The lowest BCUT2D eigenvalue weighted by Crippen LogP contribution is -2.52. The molecule has 0 saturated carbocycles. The lowest BCUT2D eigenvalue weighted by Gasteiger charge is -2.38. The molecule has 0 aliphatic carbocycles. The first-order valence-corrected chi connectivity index (χ1v) is 9.60. The summed E-state index contributed by atoms with van der Waals surface area (Å²) in [7, 11) is 3.67. The molecular weight excluding hydrogens is 340 g/mol. The van der Waals surface area contributed by atoms with Crippen LogP contribution in [-0.2, 0) is 13.5 Å². The first-order valence-electron chi connectivity index (χ1n) is 9.60. The average molecular weight is 371 g/mol. The number of nitrogens with one attached hydrogen (secondary N) is 1. The third kappa shape index (κ3) is 4.93. The summed E-state index contributed by atoms with van der Waals surface area (Å²) in [5.74, 6) is 1.93. The number of aromatic nitrogens is 2. The van der Waals surface area contributed by atoms with Crippen molar-refractivity contribution in [2.45, 2.75) is 13.3 Å². The Morgan fingerprint density at radius 2 is 2.00 bits per heavy atom. The number of hydrogen-bond donors (Lipinski definition) is 1. The molecule has 1 aromatic heterocycles. The Bertz CT molecular complexity index is 748. The summed E-state index contributed by atoms with van der Waals surface area (Å²) in [5, 5.41) is 7.65. The molecule has 0 atom stereocenters. The number of hydrogen-bond acceptors (Lipinski definition) is 4. The van der Waals surface area contributed by atoms with Crippen LogP contribution in [0.5, 0.6) is 5.75 Å². The topological polar surface area (TPSA) is 57.9 Å². The average Bonchev–Trinajstić information content (AvgIpc) is 3.12. The quantitative estimate of drug-likeness (QED) is 0.620. The lowest BCUT2D eigenvalue weighted by molar-refractivity contribution is 0.367. The summed E-state index contributed by atoms with van der Waals surface area (Å²) in [4.78, 5) is 9.55. The second-order valence-corrected chi connectivity index (χ2v) is 6.65. The van der Waals surface area contributed by atoms with E-state index >= 15 is 0 Å². The van der Waals surface area contributed by atoms with Crippen LogP contribution in [0.3, 0.4) is 0 Å². The van der Waals surface area contributed by atoms with Crippen molar-refractivity contribution in [1.29, 1.82) is 0 Å². The molecule has 146 valence electrons. The molecule has 1 aromatic carbocycles. The van der Waals surface area contributed by atoms with Crippen LogP contribution < -0.4 is 15.0 Å². The van der Waals surface area contributed by atoms with Gasteiger partial charge in [0.05, 0.1) is 19.0 Å². The fourth-order valence-corrected chi connectivity index (χ4v) is 3.37. The highest BCUT2D eigenvalue weighted by molar-refractivity contribution is 5.80. The summed E-state index contributed by atoms with van der Waals surface area (Å²) in [6, 6.07) is 8.22. The summed E-state index contributed by atoms with van der Waals surface area (Å²) in [6.07, 6.45) is 4.87. The minimum absolute atomic E-state index is 0.765. The van der Waals surface area contributed by atoms with Gasteiger partial charge in [-0.05, 0) is 31.0 Å². The first kappa shape index (κ1) is 19.1. The van der Waals surface area contributed by atoms with Crippen LogP contribution >= 0.6 is 0 Å². The molecular formula is C20H30N6O. The van der Waals surface area contributed by atoms with Crippen molar-refractivity contribution in [3.05, 3.63) is 42.2 Å². The van der Waals surface area contributed by atoms with E-state index in [4.69, 9.17) is 9.73 Å². The highest BCUT2D eigenvalue weighted by Crippen LogP contribution is 2.28. The summed E-state index contributed by atoms with van der Waals surface area (Å²) in [5.41, 5.74) is 2.39. The number of methoxy groups -OCH3 is 1. The van der Waals surface area contributed by atoms with E-state index in [1.165, 1.54) is 5.56 Å². The Morgan fingerprint density at radius 3 is 2.67 bits per heavy atom. The monoisotopic (exact) mass is 370 g/mol. The Kier molecular flexibility index (Phi) is 6.57. The minimum atomic E-state index is 0.765. The fourth-order valence-electron chi connectivity index (χ4n) is 3.37. The van der Waals surface area contributed by atoms with Crippen LogP contribution in [0.25, 0.3) is 0 Å². The molecule has 7 heteroatoms. The zero-order valence-corrected chi connectivity index (χ0v) is 16.6. The first-order chi connectivity index (χ1) is 13.2. The second-order valence-electron chi connectivity index (χ2n) is 6.65. The highest BCUT2D eigenvalue weighted by Gasteiger charge is 2.21. The number of guanidine groups is 1. The molecule has 2 aromatic rings. The van der Waals surface area contributed by atoms with E-state index < -0.39 is 0 Å². The Morgan fingerprint density at radius 1 is 1.22 bits per heavy atom. The van der Waals surface area contributed by atoms with Crippen molar-refractivity contribution in [2.75, 3.05) is 51.3 Å². The molecule has 27 heavy (non-hydrogen) atoms. The van der Waals surface area contributed by atoms with Gasteiger partial charge in [0.15, 0.2) is 5.96 Å². The van der Waals surface area contributed by atoms with Crippen LogP contribution in [0.1, 0.15) is 12.5 Å². The number of aliphatic imine (C=N–C) groups is 1. The predicted octanol–water partition coefficient (Wildman–Crippen LogP) is 1.76. The zero-order chi connectivity index (χ0) is 19.1. The van der Waals surface area contributed by atoms with Crippen molar-refractivity contribution in [1.82, 2.24) is 20.0 Å².